The fourth-order valence-corrected chi connectivity index (χ4v) is 7.76. The summed E-state index contributed by atoms with van der Waals surface area (Å²) < 4.78 is 30.3. The smallest absolute Gasteiger partial charge is 0.306 e. The number of esters is 1. The van der Waals surface area contributed by atoms with Crippen molar-refractivity contribution in [1.82, 2.24) is 5.32 Å². The number of aliphatic hydroxyl groups is 1. The summed E-state index contributed by atoms with van der Waals surface area (Å²) in [6, 6.07) is 8.82. The second-order valence-electron chi connectivity index (χ2n) is 16.6. The second kappa shape index (κ2) is 28.4. The molecule has 0 aliphatic carbocycles. The topological polar surface area (TPSA) is 113 Å². The first-order chi connectivity index (χ1) is 26.7. The van der Waals surface area contributed by atoms with Crippen LogP contribution in [0.3, 0.4) is 0 Å². The van der Waals surface area contributed by atoms with E-state index in [-0.39, 0.29) is 31.5 Å². The van der Waals surface area contributed by atoms with Crippen molar-refractivity contribution in [2.45, 2.75) is 237 Å². The molecule has 0 saturated carbocycles. The minimum atomic E-state index is -1.10. The fraction of sp³-hybridized carbons (Fsp3) is 0.826. The van der Waals surface area contributed by atoms with Crippen LogP contribution in [0.5, 0.6) is 0 Å². The van der Waals surface area contributed by atoms with Gasteiger partial charge in [-0.2, -0.15) is 0 Å². The molecule has 0 radical (unpaired) electrons. The molecule has 2 N–H and O–H groups in total. The number of hydrogen-bond acceptors (Lipinski definition) is 8. The SMILES string of the molecule is CCCCCCCCCCCCCCCC(=O)O[C@H](CCCCCCCCCCC)CC(=O)NC1C(OCc2ccccc2)OC2COC(C)(C)OC2C1O. The molecule has 2 heterocycles. The molecule has 1 amide bonds. The number of fused-ring (bicyclic) bond motifs is 1. The highest BCUT2D eigenvalue weighted by atomic mass is 16.8. The van der Waals surface area contributed by atoms with Gasteiger partial charge < -0.3 is 34.1 Å². The molecule has 6 atom stereocenters. The molecule has 55 heavy (non-hydrogen) atoms. The Hall–Kier alpha value is -2.04. The Kier molecular flexibility index (Phi) is 24.4. The van der Waals surface area contributed by atoms with Gasteiger partial charge in [-0.1, -0.05) is 173 Å². The van der Waals surface area contributed by atoms with Crippen LogP contribution in [0.4, 0.5) is 0 Å². The number of carbonyl (C=O) groups is 2. The first kappa shape index (κ1) is 47.3. The van der Waals surface area contributed by atoms with E-state index in [1.54, 1.807) is 13.8 Å². The summed E-state index contributed by atoms with van der Waals surface area (Å²) in [6.07, 6.45) is 24.2. The van der Waals surface area contributed by atoms with Crippen LogP contribution in [-0.4, -0.2) is 66.1 Å². The molecule has 1 aromatic carbocycles. The van der Waals surface area contributed by atoms with Crippen LogP contribution in [-0.2, 0) is 39.9 Å². The maximum absolute atomic E-state index is 13.7. The van der Waals surface area contributed by atoms with Crippen LogP contribution in [0.2, 0.25) is 0 Å². The van der Waals surface area contributed by atoms with Gasteiger partial charge in [0.1, 0.15) is 30.5 Å². The average molecular weight is 774 g/mol. The van der Waals surface area contributed by atoms with E-state index in [0.29, 0.717) is 12.8 Å². The summed E-state index contributed by atoms with van der Waals surface area (Å²) in [4.78, 5) is 26.8. The maximum Gasteiger partial charge on any atom is 0.306 e. The molecule has 9 heteroatoms. The first-order valence-electron chi connectivity index (χ1n) is 22.5. The lowest BCUT2D eigenvalue weighted by Gasteiger charge is -2.49. The number of rotatable bonds is 31. The van der Waals surface area contributed by atoms with Gasteiger partial charge >= 0.3 is 5.97 Å². The van der Waals surface area contributed by atoms with Gasteiger partial charge in [0.05, 0.1) is 19.6 Å². The molecular formula is C46H79NO8. The van der Waals surface area contributed by atoms with E-state index in [1.807, 2.05) is 30.3 Å². The minimum absolute atomic E-state index is 0.0134. The van der Waals surface area contributed by atoms with E-state index in [2.05, 4.69) is 19.2 Å². The van der Waals surface area contributed by atoms with E-state index in [9.17, 15) is 14.7 Å². The number of benzene rings is 1. The zero-order chi connectivity index (χ0) is 39.6. The van der Waals surface area contributed by atoms with Crippen LogP contribution in [0, 0.1) is 0 Å². The Morgan fingerprint density at radius 1 is 0.782 bits per heavy atom. The fourth-order valence-electron chi connectivity index (χ4n) is 7.76. The number of carbonyl (C=O) groups excluding carboxylic acids is 2. The van der Waals surface area contributed by atoms with E-state index >= 15 is 0 Å². The maximum atomic E-state index is 13.7. The van der Waals surface area contributed by atoms with Gasteiger partial charge in [-0.05, 0) is 38.7 Å². The highest BCUT2D eigenvalue weighted by Crippen LogP contribution is 2.33. The van der Waals surface area contributed by atoms with E-state index in [1.165, 1.54) is 103 Å². The van der Waals surface area contributed by atoms with E-state index in [0.717, 1.165) is 44.1 Å². The van der Waals surface area contributed by atoms with Crippen LogP contribution in [0.25, 0.3) is 0 Å². The summed E-state index contributed by atoms with van der Waals surface area (Å²) in [5.74, 6) is -1.46. The van der Waals surface area contributed by atoms with Crippen molar-refractivity contribution in [3.8, 4) is 0 Å². The Labute approximate surface area is 334 Å². The molecule has 316 valence electrons. The number of aliphatic hydroxyl groups excluding tert-OH is 1. The second-order valence-corrected chi connectivity index (χ2v) is 16.6. The molecule has 9 nitrogen and oxygen atoms in total. The lowest BCUT2D eigenvalue weighted by atomic mass is 9.95. The van der Waals surface area contributed by atoms with E-state index < -0.39 is 42.5 Å². The normalized spacial score (nSPS) is 22.5. The molecule has 2 aliphatic heterocycles. The van der Waals surface area contributed by atoms with Crippen LogP contribution < -0.4 is 5.32 Å². The summed E-state index contributed by atoms with van der Waals surface area (Å²) in [7, 11) is 0. The summed E-state index contributed by atoms with van der Waals surface area (Å²) in [5.41, 5.74) is 0.946. The molecule has 1 aromatic rings. The third-order valence-corrected chi connectivity index (χ3v) is 11.1. The van der Waals surface area contributed by atoms with Gasteiger partial charge in [-0.15, -0.1) is 0 Å². The third-order valence-electron chi connectivity index (χ3n) is 11.1. The third kappa shape index (κ3) is 20.3. The minimum Gasteiger partial charge on any atom is -0.462 e. The molecule has 0 aromatic heterocycles. The summed E-state index contributed by atoms with van der Waals surface area (Å²) in [5, 5.41) is 14.6. The summed E-state index contributed by atoms with van der Waals surface area (Å²) >= 11 is 0. The lowest BCUT2D eigenvalue weighted by molar-refractivity contribution is -0.369. The predicted octanol–water partition coefficient (Wildman–Crippen LogP) is 10.6. The van der Waals surface area contributed by atoms with Crippen LogP contribution >= 0.6 is 0 Å². The highest BCUT2D eigenvalue weighted by molar-refractivity contribution is 5.77. The largest absolute Gasteiger partial charge is 0.462 e. The Balaban J connectivity index is 1.50. The standard InChI is InChI=1S/C46H79NO8/c1-5-7-9-11-13-15-16-17-18-20-22-24-29-33-41(49)53-38(32-28-23-21-19-14-12-10-8-6-2)34-40(48)47-42-43(50)44-39(36-52-46(3,4)55-44)54-45(42)51-35-37-30-26-25-27-31-37/h25-27,30-31,38-39,42-45,50H,5-24,28-29,32-36H2,1-4H3,(H,47,48)/t38-,39?,42?,43?,44?,45?/m1/s1. The average Bonchev–Trinajstić information content (AvgIpc) is 3.16. The number of ether oxygens (including phenoxy) is 5. The van der Waals surface area contributed by atoms with Crippen LogP contribution in [0.15, 0.2) is 30.3 Å². The van der Waals surface area contributed by atoms with Gasteiger partial charge in [-0.25, -0.2) is 0 Å². The van der Waals surface area contributed by atoms with Gasteiger partial charge in [0, 0.05) is 6.42 Å². The number of amides is 1. The van der Waals surface area contributed by atoms with Crippen molar-refractivity contribution < 1.29 is 38.4 Å². The highest BCUT2D eigenvalue weighted by Gasteiger charge is 2.51. The zero-order valence-electron chi connectivity index (χ0n) is 35.2. The van der Waals surface area contributed by atoms with Gasteiger partial charge in [0.2, 0.25) is 5.91 Å². The quantitative estimate of drug-likeness (QED) is 0.0567. The number of hydrogen-bond donors (Lipinski definition) is 2. The zero-order valence-corrected chi connectivity index (χ0v) is 35.2. The summed E-state index contributed by atoms with van der Waals surface area (Å²) in [6.45, 7) is 8.57. The van der Waals surface area contributed by atoms with Crippen molar-refractivity contribution >= 4 is 11.9 Å². The van der Waals surface area contributed by atoms with Crippen molar-refractivity contribution in [2.24, 2.45) is 0 Å². The Morgan fingerprint density at radius 3 is 1.87 bits per heavy atom. The van der Waals surface area contributed by atoms with Crippen molar-refractivity contribution in [2.75, 3.05) is 6.61 Å². The Morgan fingerprint density at radius 2 is 1.31 bits per heavy atom. The molecular weight excluding hydrogens is 695 g/mol. The lowest BCUT2D eigenvalue weighted by Crippen LogP contribution is -2.68. The van der Waals surface area contributed by atoms with Gasteiger partial charge in [-0.3, -0.25) is 9.59 Å². The van der Waals surface area contributed by atoms with Crippen molar-refractivity contribution in [1.29, 1.82) is 0 Å². The number of nitrogens with one attached hydrogen (secondary N) is 1. The van der Waals surface area contributed by atoms with Crippen molar-refractivity contribution in [3.63, 3.8) is 0 Å². The molecule has 0 bridgehead atoms. The molecule has 0 spiro atoms. The molecule has 2 aliphatic rings. The van der Waals surface area contributed by atoms with Crippen molar-refractivity contribution in [3.05, 3.63) is 35.9 Å². The number of unbranched alkanes of at least 4 members (excludes halogenated alkanes) is 20. The molecule has 3 rings (SSSR count). The van der Waals surface area contributed by atoms with Gasteiger partial charge in [0.15, 0.2) is 12.1 Å². The van der Waals surface area contributed by atoms with Crippen LogP contribution in [0.1, 0.15) is 194 Å². The van der Waals surface area contributed by atoms with Gasteiger partial charge in [0.25, 0.3) is 0 Å². The Bertz CT molecular complexity index is 1130. The molecule has 2 saturated heterocycles. The first-order valence-corrected chi connectivity index (χ1v) is 22.5. The predicted molar refractivity (Wildman–Crippen MR) is 219 cm³/mol. The molecule has 2 fully saturated rings. The monoisotopic (exact) mass is 774 g/mol. The molecule has 5 unspecified atom stereocenters. The van der Waals surface area contributed by atoms with E-state index in [4.69, 9.17) is 23.7 Å².